The van der Waals surface area contributed by atoms with Crippen molar-refractivity contribution in [3.05, 3.63) is 23.7 Å². The van der Waals surface area contributed by atoms with E-state index in [1.165, 1.54) is 6.42 Å². The molecule has 0 radical (unpaired) electrons. The van der Waals surface area contributed by atoms with Crippen molar-refractivity contribution in [1.82, 2.24) is 0 Å². The first kappa shape index (κ1) is 13.2. The van der Waals surface area contributed by atoms with Gasteiger partial charge in [-0.05, 0) is 37.3 Å². The Morgan fingerprint density at radius 3 is 3.00 bits per heavy atom. The largest absolute Gasteiger partial charge is 0.466 e. The minimum Gasteiger partial charge on any atom is -0.466 e. The minimum absolute atomic E-state index is 0.545. The van der Waals surface area contributed by atoms with E-state index in [0.29, 0.717) is 11.7 Å². The van der Waals surface area contributed by atoms with Crippen LogP contribution in [0, 0.1) is 29.6 Å². The number of nitrogens with zero attached hydrogens (tertiary/aromatic N) is 1. The van der Waals surface area contributed by atoms with Gasteiger partial charge in [0.25, 0.3) is 0 Å². The molecule has 3 nitrogen and oxygen atoms in total. The van der Waals surface area contributed by atoms with Gasteiger partial charge in [-0.1, -0.05) is 26.2 Å². The summed E-state index contributed by atoms with van der Waals surface area (Å²) in [5, 5.41) is 20.1. The number of furan rings is 1. The van der Waals surface area contributed by atoms with Gasteiger partial charge in [-0.3, -0.25) is 0 Å². The van der Waals surface area contributed by atoms with E-state index in [0.717, 1.165) is 31.2 Å². The molecule has 1 N–H and O–H groups in total. The first-order valence-electron chi connectivity index (χ1n) is 6.76. The molecule has 1 aromatic heterocycles. The Labute approximate surface area is 108 Å². The van der Waals surface area contributed by atoms with Crippen LogP contribution in [0.2, 0.25) is 0 Å². The Kier molecular flexibility index (Phi) is 3.77. The van der Waals surface area contributed by atoms with Gasteiger partial charge in [0.1, 0.15) is 11.9 Å². The summed E-state index contributed by atoms with van der Waals surface area (Å²) in [6, 6.07) is 4.22. The van der Waals surface area contributed by atoms with E-state index in [4.69, 9.17) is 4.42 Å². The molecule has 0 spiro atoms. The summed E-state index contributed by atoms with van der Waals surface area (Å²) in [4.78, 5) is 0. The van der Waals surface area contributed by atoms with Crippen LogP contribution < -0.4 is 0 Å². The molecule has 0 saturated heterocycles. The van der Waals surface area contributed by atoms with E-state index in [1.54, 1.807) is 6.26 Å². The van der Waals surface area contributed by atoms with E-state index in [9.17, 15) is 10.4 Å². The van der Waals surface area contributed by atoms with E-state index in [1.807, 2.05) is 13.0 Å². The van der Waals surface area contributed by atoms with Crippen LogP contribution in [0.3, 0.4) is 0 Å². The molecule has 0 amide bonds. The number of rotatable bonds is 3. The second-order valence-corrected chi connectivity index (χ2v) is 5.51. The van der Waals surface area contributed by atoms with Crippen molar-refractivity contribution in [3.8, 4) is 6.07 Å². The third-order valence-electron chi connectivity index (χ3n) is 4.36. The highest BCUT2D eigenvalue weighted by Gasteiger charge is 2.44. The van der Waals surface area contributed by atoms with Crippen LogP contribution >= 0.6 is 0 Å². The molecule has 0 aromatic carbocycles. The van der Waals surface area contributed by atoms with Crippen LogP contribution in [0.5, 0.6) is 0 Å². The number of nitriles is 1. The van der Waals surface area contributed by atoms with Gasteiger partial charge in [0.05, 0.1) is 17.7 Å². The summed E-state index contributed by atoms with van der Waals surface area (Å²) in [6.45, 7) is 4.07. The lowest BCUT2D eigenvalue weighted by Gasteiger charge is -2.38. The van der Waals surface area contributed by atoms with Crippen molar-refractivity contribution in [1.29, 1.82) is 5.26 Å². The molecule has 0 bridgehead atoms. The predicted molar refractivity (Wildman–Crippen MR) is 68.7 cm³/mol. The SMILES string of the molecule is CCC1CCCC(C#N)(C(O)c2occc2C)C1. The lowest BCUT2D eigenvalue weighted by atomic mass is 9.66. The number of aliphatic hydroxyl groups excluding tert-OH is 1. The van der Waals surface area contributed by atoms with Gasteiger partial charge in [-0.2, -0.15) is 5.26 Å². The molecular weight excluding hydrogens is 226 g/mol. The molecule has 1 heterocycles. The second kappa shape index (κ2) is 5.16. The summed E-state index contributed by atoms with van der Waals surface area (Å²) >= 11 is 0. The molecule has 18 heavy (non-hydrogen) atoms. The van der Waals surface area contributed by atoms with Crippen molar-refractivity contribution in [2.45, 2.75) is 52.1 Å². The zero-order valence-corrected chi connectivity index (χ0v) is 11.1. The Morgan fingerprint density at radius 2 is 2.44 bits per heavy atom. The van der Waals surface area contributed by atoms with Gasteiger partial charge in [-0.25, -0.2) is 0 Å². The Morgan fingerprint density at radius 1 is 1.67 bits per heavy atom. The van der Waals surface area contributed by atoms with Crippen molar-refractivity contribution < 1.29 is 9.52 Å². The van der Waals surface area contributed by atoms with Crippen molar-refractivity contribution in [3.63, 3.8) is 0 Å². The van der Waals surface area contributed by atoms with Crippen LogP contribution in [0.1, 0.15) is 56.5 Å². The second-order valence-electron chi connectivity index (χ2n) is 5.51. The molecule has 1 saturated carbocycles. The summed E-state index contributed by atoms with van der Waals surface area (Å²) in [5.41, 5.74) is 0.261. The fourth-order valence-electron chi connectivity index (χ4n) is 3.10. The fourth-order valence-corrected chi connectivity index (χ4v) is 3.10. The normalized spacial score (nSPS) is 29.8. The maximum atomic E-state index is 10.6. The Bertz CT molecular complexity index is 446. The van der Waals surface area contributed by atoms with Crippen LogP contribution in [0.25, 0.3) is 0 Å². The molecule has 0 aliphatic heterocycles. The molecule has 1 aromatic rings. The predicted octanol–water partition coefficient (Wildman–Crippen LogP) is 3.73. The zero-order chi connectivity index (χ0) is 13.2. The van der Waals surface area contributed by atoms with Crippen LogP contribution in [0.4, 0.5) is 0 Å². The summed E-state index contributed by atoms with van der Waals surface area (Å²) in [5.74, 6) is 1.11. The van der Waals surface area contributed by atoms with Crippen LogP contribution in [-0.4, -0.2) is 5.11 Å². The third-order valence-corrected chi connectivity index (χ3v) is 4.36. The highest BCUT2D eigenvalue weighted by atomic mass is 16.4. The van der Waals surface area contributed by atoms with Crippen LogP contribution in [-0.2, 0) is 0 Å². The lowest BCUT2D eigenvalue weighted by Crippen LogP contribution is -2.33. The van der Waals surface area contributed by atoms with Gasteiger partial charge in [-0.15, -0.1) is 0 Å². The fraction of sp³-hybridized carbons (Fsp3) is 0.667. The maximum Gasteiger partial charge on any atom is 0.136 e. The monoisotopic (exact) mass is 247 g/mol. The summed E-state index contributed by atoms with van der Waals surface area (Å²) in [6.07, 6.45) is 5.59. The van der Waals surface area contributed by atoms with Crippen molar-refractivity contribution >= 4 is 0 Å². The van der Waals surface area contributed by atoms with E-state index >= 15 is 0 Å². The first-order chi connectivity index (χ1) is 8.63. The molecule has 2 rings (SSSR count). The number of hydrogen-bond acceptors (Lipinski definition) is 3. The molecule has 3 unspecified atom stereocenters. The van der Waals surface area contributed by atoms with E-state index < -0.39 is 11.5 Å². The zero-order valence-electron chi connectivity index (χ0n) is 11.1. The highest BCUT2D eigenvalue weighted by molar-refractivity contribution is 5.22. The molecule has 1 aliphatic carbocycles. The average Bonchev–Trinajstić information content (AvgIpc) is 2.84. The van der Waals surface area contributed by atoms with Gasteiger partial charge >= 0.3 is 0 Å². The van der Waals surface area contributed by atoms with Crippen molar-refractivity contribution in [2.24, 2.45) is 11.3 Å². The van der Waals surface area contributed by atoms with E-state index in [-0.39, 0.29) is 0 Å². The molecule has 1 fully saturated rings. The Hall–Kier alpha value is -1.27. The maximum absolute atomic E-state index is 10.6. The topological polar surface area (TPSA) is 57.2 Å². The molecule has 3 heteroatoms. The number of aliphatic hydroxyl groups is 1. The smallest absolute Gasteiger partial charge is 0.136 e. The van der Waals surface area contributed by atoms with Crippen molar-refractivity contribution in [2.75, 3.05) is 0 Å². The minimum atomic E-state index is -0.799. The lowest BCUT2D eigenvalue weighted by molar-refractivity contribution is 0.00384. The Balaban J connectivity index is 2.27. The van der Waals surface area contributed by atoms with Gasteiger partial charge < -0.3 is 9.52 Å². The molecule has 1 aliphatic rings. The summed E-state index contributed by atoms with van der Waals surface area (Å²) < 4.78 is 5.37. The standard InChI is InChI=1S/C15H21NO2/c1-3-12-5-4-7-15(9-12,10-16)14(17)13-11(2)6-8-18-13/h6,8,12,14,17H,3-5,7,9H2,1-2H3. The third kappa shape index (κ3) is 2.18. The summed E-state index contributed by atoms with van der Waals surface area (Å²) in [7, 11) is 0. The van der Waals surface area contributed by atoms with Gasteiger partial charge in [0, 0.05) is 0 Å². The first-order valence-corrected chi connectivity index (χ1v) is 6.76. The average molecular weight is 247 g/mol. The quantitative estimate of drug-likeness (QED) is 0.885. The highest BCUT2D eigenvalue weighted by Crippen LogP contribution is 2.48. The molecule has 98 valence electrons. The van der Waals surface area contributed by atoms with Gasteiger partial charge in [0.15, 0.2) is 0 Å². The van der Waals surface area contributed by atoms with Crippen LogP contribution in [0.15, 0.2) is 16.7 Å². The van der Waals surface area contributed by atoms with Gasteiger partial charge in [0.2, 0.25) is 0 Å². The molecular formula is C15H21NO2. The number of hydrogen-bond donors (Lipinski definition) is 1. The number of aryl methyl sites for hydroxylation is 1. The van der Waals surface area contributed by atoms with E-state index in [2.05, 4.69) is 13.0 Å². The molecule has 3 atom stereocenters.